The van der Waals surface area contributed by atoms with E-state index in [0.29, 0.717) is 29.2 Å². The fourth-order valence-electron chi connectivity index (χ4n) is 3.98. The quantitative estimate of drug-likeness (QED) is 0.418. The number of nitrogens with one attached hydrogen (secondary N) is 2. The van der Waals surface area contributed by atoms with E-state index in [0.717, 1.165) is 31.5 Å². The molecule has 168 valence electrons. The minimum absolute atomic E-state index is 0.0878. The number of nitrogens with two attached hydrogens (primary N) is 2. The first-order valence-corrected chi connectivity index (χ1v) is 10.5. The SMILES string of the molecule is NC(=C(C=NCc1cccc(C2CCNCC2)c1)Cc1cc(N)nc2n[nH]nc12)C(F)F. The highest BCUT2D eigenvalue weighted by atomic mass is 19.3. The van der Waals surface area contributed by atoms with Crippen LogP contribution in [-0.4, -0.2) is 46.1 Å². The van der Waals surface area contributed by atoms with Crippen molar-refractivity contribution in [2.45, 2.75) is 38.2 Å². The number of allylic oxidation sites excluding steroid dienone is 2. The fourth-order valence-corrected chi connectivity index (χ4v) is 3.98. The lowest BCUT2D eigenvalue weighted by molar-refractivity contribution is 0.187. The van der Waals surface area contributed by atoms with Gasteiger partial charge in [0.2, 0.25) is 5.65 Å². The van der Waals surface area contributed by atoms with Crippen LogP contribution in [0.3, 0.4) is 0 Å². The Bertz CT molecular complexity index is 1130. The summed E-state index contributed by atoms with van der Waals surface area (Å²) in [5, 5.41) is 13.8. The number of benzene rings is 1. The van der Waals surface area contributed by atoms with Crippen molar-refractivity contribution < 1.29 is 8.78 Å². The van der Waals surface area contributed by atoms with Gasteiger partial charge in [-0.1, -0.05) is 24.3 Å². The monoisotopic (exact) mass is 440 g/mol. The van der Waals surface area contributed by atoms with Crippen LogP contribution >= 0.6 is 0 Å². The molecule has 0 atom stereocenters. The number of rotatable bonds is 7. The van der Waals surface area contributed by atoms with Gasteiger partial charge in [0.05, 0.1) is 12.2 Å². The number of halogens is 2. The molecule has 0 aliphatic carbocycles. The van der Waals surface area contributed by atoms with Crippen molar-refractivity contribution in [1.82, 2.24) is 25.7 Å². The molecule has 3 aromatic rings. The summed E-state index contributed by atoms with van der Waals surface area (Å²) in [6.07, 6.45) is 0.921. The Hall–Kier alpha value is -3.40. The third-order valence-corrected chi connectivity index (χ3v) is 5.66. The van der Waals surface area contributed by atoms with E-state index in [2.05, 4.69) is 42.8 Å². The van der Waals surface area contributed by atoms with Crippen LogP contribution in [0.15, 0.2) is 46.6 Å². The van der Waals surface area contributed by atoms with Crippen molar-refractivity contribution in [2.75, 3.05) is 18.8 Å². The van der Waals surface area contributed by atoms with Gasteiger partial charge in [0.25, 0.3) is 6.43 Å². The van der Waals surface area contributed by atoms with Gasteiger partial charge in [-0.2, -0.15) is 10.3 Å². The summed E-state index contributed by atoms with van der Waals surface area (Å²) in [6, 6.07) is 9.88. The predicted molar refractivity (Wildman–Crippen MR) is 121 cm³/mol. The number of piperidine rings is 1. The Morgan fingerprint density at radius 2 is 2.03 bits per heavy atom. The number of aliphatic imine (C=N–C) groups is 1. The van der Waals surface area contributed by atoms with E-state index in [1.807, 2.05) is 12.1 Å². The smallest absolute Gasteiger partial charge is 0.278 e. The molecule has 0 radical (unpaired) electrons. The predicted octanol–water partition coefficient (Wildman–Crippen LogP) is 2.69. The molecule has 8 nitrogen and oxygen atoms in total. The number of fused-ring (bicyclic) bond motifs is 1. The molecule has 1 aromatic carbocycles. The lowest BCUT2D eigenvalue weighted by Gasteiger charge is -2.23. The first kappa shape index (κ1) is 21.8. The van der Waals surface area contributed by atoms with Crippen molar-refractivity contribution in [3.05, 3.63) is 58.3 Å². The Morgan fingerprint density at radius 3 is 2.81 bits per heavy atom. The highest BCUT2D eigenvalue weighted by Gasteiger charge is 2.17. The summed E-state index contributed by atoms with van der Waals surface area (Å²) in [7, 11) is 0. The average molecular weight is 441 g/mol. The van der Waals surface area contributed by atoms with Crippen LogP contribution in [0.4, 0.5) is 14.6 Å². The van der Waals surface area contributed by atoms with Gasteiger partial charge in [-0.05, 0) is 60.2 Å². The minimum Gasteiger partial charge on any atom is -0.397 e. The summed E-state index contributed by atoms with van der Waals surface area (Å²) in [4.78, 5) is 8.49. The van der Waals surface area contributed by atoms with E-state index in [-0.39, 0.29) is 17.8 Å². The maximum Gasteiger partial charge on any atom is 0.278 e. The number of aromatic nitrogens is 4. The van der Waals surface area contributed by atoms with Gasteiger partial charge >= 0.3 is 0 Å². The lowest BCUT2D eigenvalue weighted by atomic mass is 9.89. The molecule has 1 fully saturated rings. The summed E-state index contributed by atoms with van der Waals surface area (Å²) >= 11 is 0. The highest BCUT2D eigenvalue weighted by molar-refractivity contribution is 5.83. The molecule has 6 N–H and O–H groups in total. The van der Waals surface area contributed by atoms with Crippen LogP contribution < -0.4 is 16.8 Å². The van der Waals surface area contributed by atoms with Crippen LogP contribution in [0.1, 0.15) is 35.4 Å². The van der Waals surface area contributed by atoms with Gasteiger partial charge in [-0.15, -0.1) is 5.10 Å². The zero-order valence-corrected chi connectivity index (χ0v) is 17.6. The molecule has 2 aromatic heterocycles. The molecule has 3 heterocycles. The number of pyridine rings is 1. The second-order valence-corrected chi connectivity index (χ2v) is 7.90. The summed E-state index contributed by atoms with van der Waals surface area (Å²) in [6.45, 7) is 2.41. The van der Waals surface area contributed by atoms with Crippen molar-refractivity contribution in [1.29, 1.82) is 0 Å². The summed E-state index contributed by atoms with van der Waals surface area (Å²) in [5.74, 6) is 0.759. The maximum absolute atomic E-state index is 13.4. The molecule has 0 amide bonds. The number of nitrogen functional groups attached to an aromatic ring is 1. The van der Waals surface area contributed by atoms with Gasteiger partial charge in [0, 0.05) is 12.6 Å². The molecule has 10 heteroatoms. The second kappa shape index (κ2) is 9.82. The summed E-state index contributed by atoms with van der Waals surface area (Å²) in [5.41, 5.74) is 14.9. The molecular weight excluding hydrogens is 414 g/mol. The standard InChI is InChI=1S/C22H26F2N8/c23-21(24)19(26)17(9-16-10-18(25)29-22-20(16)30-32-31-22)12-28-11-13-2-1-3-15(8-13)14-4-6-27-7-5-14/h1-3,8,10,12,14,21,27H,4-7,9,11,26H2,(H3,25,29,30,31,32). The van der Waals surface area contributed by atoms with E-state index >= 15 is 0 Å². The number of H-pyrrole nitrogens is 1. The molecule has 4 rings (SSSR count). The Balaban J connectivity index is 1.54. The lowest BCUT2D eigenvalue weighted by Crippen LogP contribution is -2.26. The van der Waals surface area contributed by atoms with E-state index in [9.17, 15) is 8.78 Å². The number of hydrogen-bond acceptors (Lipinski definition) is 7. The summed E-state index contributed by atoms with van der Waals surface area (Å²) < 4.78 is 26.8. The molecule has 1 aliphatic heterocycles. The molecule has 1 saturated heterocycles. The molecule has 0 spiro atoms. The zero-order valence-electron chi connectivity index (χ0n) is 17.6. The number of aromatic amines is 1. The van der Waals surface area contributed by atoms with Crippen LogP contribution in [0, 0.1) is 0 Å². The van der Waals surface area contributed by atoms with E-state index in [4.69, 9.17) is 11.5 Å². The number of hydrogen-bond donors (Lipinski definition) is 4. The third kappa shape index (κ3) is 5.08. The van der Waals surface area contributed by atoms with Gasteiger partial charge in [-0.3, -0.25) is 4.99 Å². The van der Waals surface area contributed by atoms with Gasteiger partial charge in [-0.25, -0.2) is 13.8 Å². The Kier molecular flexibility index (Phi) is 6.69. The van der Waals surface area contributed by atoms with Gasteiger partial charge in [0.1, 0.15) is 11.3 Å². The topological polar surface area (TPSA) is 131 Å². The largest absolute Gasteiger partial charge is 0.397 e. The van der Waals surface area contributed by atoms with Gasteiger partial charge < -0.3 is 16.8 Å². The zero-order chi connectivity index (χ0) is 22.5. The van der Waals surface area contributed by atoms with Crippen LogP contribution in [0.5, 0.6) is 0 Å². The second-order valence-electron chi connectivity index (χ2n) is 7.90. The third-order valence-electron chi connectivity index (χ3n) is 5.66. The first-order chi connectivity index (χ1) is 15.5. The van der Waals surface area contributed by atoms with Crippen LogP contribution in [0.2, 0.25) is 0 Å². The molecule has 0 bridgehead atoms. The van der Waals surface area contributed by atoms with Crippen LogP contribution in [-0.2, 0) is 13.0 Å². The normalized spacial score (nSPS) is 16.2. The molecule has 1 aliphatic rings. The van der Waals surface area contributed by atoms with Crippen molar-refractivity contribution in [3.8, 4) is 0 Å². The van der Waals surface area contributed by atoms with Gasteiger partial charge in [0.15, 0.2) is 0 Å². The number of nitrogens with zero attached hydrogens (tertiary/aromatic N) is 4. The van der Waals surface area contributed by atoms with E-state index in [1.165, 1.54) is 11.8 Å². The maximum atomic E-state index is 13.4. The molecular formula is C22H26F2N8. The van der Waals surface area contributed by atoms with Crippen LogP contribution in [0.25, 0.3) is 11.2 Å². The van der Waals surface area contributed by atoms with Crippen molar-refractivity contribution in [3.63, 3.8) is 0 Å². The number of anilines is 1. The Labute approximate surface area is 184 Å². The molecule has 0 unspecified atom stereocenters. The van der Waals surface area contributed by atoms with E-state index < -0.39 is 12.1 Å². The average Bonchev–Trinajstić information content (AvgIpc) is 3.27. The van der Waals surface area contributed by atoms with Crippen molar-refractivity contribution >= 4 is 23.2 Å². The Morgan fingerprint density at radius 1 is 1.22 bits per heavy atom. The first-order valence-electron chi connectivity index (χ1n) is 10.5. The fraction of sp³-hybridized carbons (Fsp3) is 0.364. The van der Waals surface area contributed by atoms with E-state index in [1.54, 1.807) is 6.07 Å². The van der Waals surface area contributed by atoms with Crippen molar-refractivity contribution in [2.24, 2.45) is 10.7 Å². The highest BCUT2D eigenvalue weighted by Crippen LogP contribution is 2.26. The molecule has 32 heavy (non-hydrogen) atoms. The number of alkyl halides is 2. The molecule has 0 saturated carbocycles. The minimum atomic E-state index is -2.80.